The first-order chi connectivity index (χ1) is 10.2. The summed E-state index contributed by atoms with van der Waals surface area (Å²) in [4.78, 5) is 15.3. The molecule has 0 bridgehead atoms. The maximum atomic E-state index is 12.8. The van der Waals surface area contributed by atoms with E-state index in [2.05, 4.69) is 25.7 Å². The van der Waals surface area contributed by atoms with Crippen molar-refractivity contribution in [1.29, 1.82) is 0 Å². The van der Waals surface area contributed by atoms with Crippen LogP contribution < -0.4 is 0 Å². The molecule has 1 aliphatic rings. The summed E-state index contributed by atoms with van der Waals surface area (Å²) >= 11 is 0. The lowest BCUT2D eigenvalue weighted by Gasteiger charge is -2.39. The lowest BCUT2D eigenvalue weighted by molar-refractivity contribution is -0.131. The zero-order valence-electron chi connectivity index (χ0n) is 14.8. The van der Waals surface area contributed by atoms with E-state index in [9.17, 15) is 4.79 Å². The molecule has 2 heteroatoms. The molecule has 0 unspecified atom stereocenters. The Kier molecular flexibility index (Phi) is 9.23. The summed E-state index contributed by atoms with van der Waals surface area (Å²) in [5.74, 6) is 0.539. The van der Waals surface area contributed by atoms with Gasteiger partial charge in [-0.15, -0.1) is 0 Å². The van der Waals surface area contributed by atoms with Gasteiger partial charge in [-0.2, -0.15) is 0 Å². The van der Waals surface area contributed by atoms with Crippen LogP contribution in [0.25, 0.3) is 0 Å². The molecular formula is C19H37NO. The van der Waals surface area contributed by atoms with E-state index in [1.54, 1.807) is 0 Å². The Balaban J connectivity index is 2.34. The van der Waals surface area contributed by atoms with Crippen molar-refractivity contribution in [3.05, 3.63) is 0 Å². The number of carbonyl (C=O) groups excluding carboxylic acids is 1. The van der Waals surface area contributed by atoms with Gasteiger partial charge in [0.15, 0.2) is 5.78 Å². The fourth-order valence-corrected chi connectivity index (χ4v) is 4.04. The van der Waals surface area contributed by atoms with Gasteiger partial charge >= 0.3 is 0 Å². The zero-order chi connectivity index (χ0) is 15.6. The molecule has 0 heterocycles. The third-order valence-electron chi connectivity index (χ3n) is 5.33. The number of hydrogen-bond donors (Lipinski definition) is 0. The van der Waals surface area contributed by atoms with Crippen molar-refractivity contribution >= 4 is 5.78 Å². The molecule has 0 aromatic heterocycles. The summed E-state index contributed by atoms with van der Waals surface area (Å²) in [6.07, 6.45) is 14.5. The Morgan fingerprint density at radius 1 is 0.857 bits per heavy atom. The minimum atomic E-state index is -0.0916. The van der Waals surface area contributed by atoms with E-state index >= 15 is 0 Å². The van der Waals surface area contributed by atoms with Gasteiger partial charge in [0.1, 0.15) is 0 Å². The highest BCUT2D eigenvalue weighted by Crippen LogP contribution is 2.37. The number of hydrogen-bond acceptors (Lipinski definition) is 2. The molecule has 0 amide bonds. The molecule has 0 aromatic rings. The van der Waals surface area contributed by atoms with Crippen LogP contribution in [-0.2, 0) is 4.79 Å². The van der Waals surface area contributed by atoms with Crippen LogP contribution in [0.3, 0.4) is 0 Å². The van der Waals surface area contributed by atoms with Crippen molar-refractivity contribution in [1.82, 2.24) is 4.90 Å². The average Bonchev–Trinajstić information content (AvgIpc) is 2.98. The van der Waals surface area contributed by atoms with Gasteiger partial charge in [0, 0.05) is 6.42 Å². The van der Waals surface area contributed by atoms with Gasteiger partial charge in [-0.3, -0.25) is 9.69 Å². The van der Waals surface area contributed by atoms with Gasteiger partial charge in [0.05, 0.1) is 5.54 Å². The van der Waals surface area contributed by atoms with E-state index in [4.69, 9.17) is 0 Å². The average molecular weight is 296 g/mol. The SMILES string of the molecule is CCCCCCCCCC(=O)C1(N(CC)CC)CCCC1. The predicted octanol–water partition coefficient (Wildman–Crippen LogP) is 5.35. The first-order valence-electron chi connectivity index (χ1n) is 9.49. The van der Waals surface area contributed by atoms with Crippen LogP contribution in [0.1, 0.15) is 97.8 Å². The fourth-order valence-electron chi connectivity index (χ4n) is 4.04. The highest BCUT2D eigenvalue weighted by atomic mass is 16.1. The molecule has 21 heavy (non-hydrogen) atoms. The summed E-state index contributed by atoms with van der Waals surface area (Å²) in [7, 11) is 0. The number of Topliss-reactive ketones (excluding diaryl/α,β-unsaturated/α-hetero) is 1. The molecule has 0 radical (unpaired) electrons. The number of unbranched alkanes of at least 4 members (excludes halogenated alkanes) is 6. The lowest BCUT2D eigenvalue weighted by Crippen LogP contribution is -2.52. The van der Waals surface area contributed by atoms with E-state index in [0.29, 0.717) is 5.78 Å². The number of ketones is 1. The van der Waals surface area contributed by atoms with Crippen LogP contribution >= 0.6 is 0 Å². The van der Waals surface area contributed by atoms with Crippen LogP contribution in [-0.4, -0.2) is 29.3 Å². The number of likely N-dealkylation sites (N-methyl/N-ethyl adjacent to an activating group) is 1. The van der Waals surface area contributed by atoms with Crippen molar-refractivity contribution < 1.29 is 4.79 Å². The van der Waals surface area contributed by atoms with Crippen molar-refractivity contribution in [2.45, 2.75) is 103 Å². The van der Waals surface area contributed by atoms with Crippen molar-refractivity contribution in [2.75, 3.05) is 13.1 Å². The zero-order valence-corrected chi connectivity index (χ0v) is 14.8. The van der Waals surface area contributed by atoms with Crippen molar-refractivity contribution in [2.24, 2.45) is 0 Å². The summed E-state index contributed by atoms with van der Waals surface area (Å²) in [6, 6.07) is 0. The van der Waals surface area contributed by atoms with E-state index in [1.165, 1.54) is 51.4 Å². The number of rotatable bonds is 12. The van der Waals surface area contributed by atoms with Gasteiger partial charge in [-0.05, 0) is 32.4 Å². The molecule has 1 fully saturated rings. The summed E-state index contributed by atoms with van der Waals surface area (Å²) in [6.45, 7) is 8.68. The Morgan fingerprint density at radius 3 is 1.90 bits per heavy atom. The van der Waals surface area contributed by atoms with Crippen LogP contribution in [0.15, 0.2) is 0 Å². The highest BCUT2D eigenvalue weighted by molar-refractivity contribution is 5.88. The van der Waals surface area contributed by atoms with Gasteiger partial charge < -0.3 is 0 Å². The Morgan fingerprint density at radius 2 is 1.38 bits per heavy atom. The first kappa shape index (κ1) is 18.7. The maximum absolute atomic E-state index is 12.8. The van der Waals surface area contributed by atoms with Gasteiger partial charge in [-0.25, -0.2) is 0 Å². The molecular weight excluding hydrogens is 258 g/mol. The Bertz CT molecular complexity index is 277. The Hall–Kier alpha value is -0.370. The highest BCUT2D eigenvalue weighted by Gasteiger charge is 2.43. The molecule has 0 aliphatic heterocycles. The van der Waals surface area contributed by atoms with Gasteiger partial charge in [-0.1, -0.05) is 72.1 Å². The monoisotopic (exact) mass is 295 g/mol. The largest absolute Gasteiger partial charge is 0.298 e. The van der Waals surface area contributed by atoms with Crippen LogP contribution in [0.5, 0.6) is 0 Å². The molecule has 1 aliphatic carbocycles. The third kappa shape index (κ3) is 5.39. The molecule has 0 aromatic carbocycles. The second kappa shape index (κ2) is 10.4. The molecule has 0 saturated heterocycles. The normalized spacial score (nSPS) is 17.5. The van der Waals surface area contributed by atoms with E-state index in [0.717, 1.165) is 38.8 Å². The van der Waals surface area contributed by atoms with Crippen molar-refractivity contribution in [3.8, 4) is 0 Å². The minimum Gasteiger partial charge on any atom is -0.298 e. The predicted molar refractivity (Wildman–Crippen MR) is 91.7 cm³/mol. The summed E-state index contributed by atoms with van der Waals surface area (Å²) < 4.78 is 0. The number of nitrogens with zero attached hydrogens (tertiary/aromatic N) is 1. The first-order valence-corrected chi connectivity index (χ1v) is 9.49. The standard InChI is InChI=1S/C19H37NO/c1-4-7-8-9-10-11-12-15-18(21)19(16-13-14-17-19)20(5-2)6-3/h4-17H2,1-3H3. The second-order valence-electron chi connectivity index (χ2n) is 6.71. The van der Waals surface area contributed by atoms with E-state index in [-0.39, 0.29) is 5.54 Å². The molecule has 1 saturated carbocycles. The van der Waals surface area contributed by atoms with Gasteiger partial charge in [0.25, 0.3) is 0 Å². The quantitative estimate of drug-likeness (QED) is 0.452. The fraction of sp³-hybridized carbons (Fsp3) is 0.947. The van der Waals surface area contributed by atoms with Crippen molar-refractivity contribution in [3.63, 3.8) is 0 Å². The van der Waals surface area contributed by atoms with Gasteiger partial charge in [0.2, 0.25) is 0 Å². The molecule has 0 atom stereocenters. The minimum absolute atomic E-state index is 0.0916. The topological polar surface area (TPSA) is 20.3 Å². The van der Waals surface area contributed by atoms with Crippen LogP contribution in [0, 0.1) is 0 Å². The Labute approximate surface area is 132 Å². The smallest absolute Gasteiger partial charge is 0.153 e. The summed E-state index contributed by atoms with van der Waals surface area (Å²) in [5.41, 5.74) is -0.0916. The van der Waals surface area contributed by atoms with E-state index < -0.39 is 0 Å². The lowest BCUT2D eigenvalue weighted by atomic mass is 9.86. The molecule has 124 valence electrons. The molecule has 0 N–H and O–H groups in total. The second-order valence-corrected chi connectivity index (χ2v) is 6.71. The summed E-state index contributed by atoms with van der Waals surface area (Å²) in [5, 5.41) is 0. The van der Waals surface area contributed by atoms with E-state index in [1.807, 2.05) is 0 Å². The molecule has 0 spiro atoms. The molecule has 2 nitrogen and oxygen atoms in total. The van der Waals surface area contributed by atoms with Crippen LogP contribution in [0.2, 0.25) is 0 Å². The third-order valence-corrected chi connectivity index (χ3v) is 5.33. The maximum Gasteiger partial charge on any atom is 0.153 e. The molecule has 1 rings (SSSR count). The number of carbonyl (C=O) groups is 1. The van der Waals surface area contributed by atoms with Crippen LogP contribution in [0.4, 0.5) is 0 Å².